The van der Waals surface area contributed by atoms with Gasteiger partial charge in [-0.05, 0) is 147 Å². The predicted molar refractivity (Wildman–Crippen MR) is 254 cm³/mol. The van der Waals surface area contributed by atoms with E-state index in [1.807, 2.05) is 6.92 Å². The summed E-state index contributed by atoms with van der Waals surface area (Å²) in [5.41, 5.74) is 4.51. The topological polar surface area (TPSA) is 74.2 Å². The van der Waals surface area contributed by atoms with Crippen LogP contribution in [0.4, 0.5) is 0 Å². The van der Waals surface area contributed by atoms with Crippen LogP contribution >= 0.6 is 0 Å². The fourth-order valence-electron chi connectivity index (χ4n) is 9.32. The molecule has 334 valence electrons. The standard InChI is InChI=1S/C49H90O6Si3/c1-21-52-45(51)36(4)40(28-30-53-56(15,16)46(5,6)7)43(50)31-34(2)41-26-27-42-37(23-22-29-49(41,42)14)24-25-38-32-39(54-57(17,18)47(8,9)10)33-44(35(38)3)55-58(19,20)48(11,12)13/h24-25,34,39-44,50H,3-4,21-23,26-33H2,1-2,5-20H3/b37-24+,38-25-/t34-,39-,40?,41-,42+,43?,44+,49-/m1/s1. The van der Waals surface area contributed by atoms with E-state index < -0.39 is 42.9 Å². The summed E-state index contributed by atoms with van der Waals surface area (Å²) in [7, 11) is -6.02. The van der Waals surface area contributed by atoms with Crippen molar-refractivity contribution in [3.8, 4) is 0 Å². The molecule has 9 heteroatoms. The first-order chi connectivity index (χ1) is 26.3. The van der Waals surface area contributed by atoms with Gasteiger partial charge < -0.3 is 23.1 Å². The summed E-state index contributed by atoms with van der Waals surface area (Å²) in [6.07, 6.45) is 13.0. The van der Waals surface area contributed by atoms with Gasteiger partial charge in [-0.3, -0.25) is 0 Å². The largest absolute Gasteiger partial charge is 0.463 e. The molecule has 1 N–H and O–H groups in total. The summed E-state index contributed by atoms with van der Waals surface area (Å²) in [4.78, 5) is 13.0. The van der Waals surface area contributed by atoms with Crippen LogP contribution in [0.2, 0.25) is 54.4 Å². The van der Waals surface area contributed by atoms with Crippen LogP contribution < -0.4 is 0 Å². The highest BCUT2D eigenvalue weighted by Crippen LogP contribution is 2.60. The highest BCUT2D eigenvalue weighted by atomic mass is 28.4. The van der Waals surface area contributed by atoms with Crippen molar-refractivity contribution in [2.45, 2.75) is 214 Å². The highest BCUT2D eigenvalue weighted by molar-refractivity contribution is 6.75. The molecule has 0 amide bonds. The van der Waals surface area contributed by atoms with Crippen LogP contribution in [0.3, 0.4) is 0 Å². The number of aliphatic hydroxyl groups is 1. The Balaban J connectivity index is 1.86. The molecule has 0 radical (unpaired) electrons. The van der Waals surface area contributed by atoms with Gasteiger partial charge in [0.1, 0.15) is 0 Å². The van der Waals surface area contributed by atoms with Crippen LogP contribution in [-0.4, -0.2) is 67.6 Å². The van der Waals surface area contributed by atoms with Gasteiger partial charge in [0, 0.05) is 24.5 Å². The van der Waals surface area contributed by atoms with Crippen molar-refractivity contribution < 1.29 is 27.9 Å². The van der Waals surface area contributed by atoms with Crippen molar-refractivity contribution in [2.24, 2.45) is 29.1 Å². The third kappa shape index (κ3) is 12.1. The molecule has 0 saturated heterocycles. The molecule has 3 aliphatic rings. The third-order valence-electron chi connectivity index (χ3n) is 16.2. The maximum atomic E-state index is 13.0. The van der Waals surface area contributed by atoms with Gasteiger partial charge in [0.25, 0.3) is 0 Å². The van der Waals surface area contributed by atoms with Gasteiger partial charge in [0.05, 0.1) is 24.9 Å². The molecule has 0 bridgehead atoms. The summed E-state index contributed by atoms with van der Waals surface area (Å²) in [6, 6.07) is 0. The molecule has 6 nitrogen and oxygen atoms in total. The van der Waals surface area contributed by atoms with Gasteiger partial charge in [0.15, 0.2) is 25.0 Å². The Morgan fingerprint density at radius 3 is 2.03 bits per heavy atom. The Hall–Kier alpha value is -1.08. The Kier molecular flexibility index (Phi) is 16.9. The minimum absolute atomic E-state index is 0.0313. The first-order valence-corrected chi connectivity index (χ1v) is 31.6. The first kappa shape index (κ1) is 51.3. The fraction of sp³-hybridized carbons (Fsp3) is 0.816. The number of aliphatic hydroxyl groups excluding tert-OH is 1. The summed E-state index contributed by atoms with van der Waals surface area (Å²) >= 11 is 0. The SMILES string of the molecule is C=C(C(=O)OCC)C(CCO[Si](C)(C)C(C)(C)C)C(O)C[C@@H](C)[C@H]1CC[C@H]2/C(=C/C=C3/C[C@@H](O[Si](C)(C)C(C)(C)C)C[C@H](O[Si](C)(C)C(C)(C)C)C3=C)CCC[C@]12C. The molecular weight excluding hydrogens is 769 g/mol. The summed E-state index contributed by atoms with van der Waals surface area (Å²) in [6.45, 7) is 50.9. The van der Waals surface area contributed by atoms with Crippen LogP contribution in [0.1, 0.15) is 141 Å². The molecule has 0 aromatic rings. The molecule has 0 aliphatic heterocycles. The molecular formula is C49H90O6Si3. The van der Waals surface area contributed by atoms with Crippen LogP contribution in [0.5, 0.6) is 0 Å². The molecule has 0 heterocycles. The number of rotatable bonds is 16. The Labute approximate surface area is 360 Å². The molecule has 8 atom stereocenters. The van der Waals surface area contributed by atoms with Crippen molar-refractivity contribution in [1.82, 2.24) is 0 Å². The highest BCUT2D eigenvalue weighted by Gasteiger charge is 2.51. The number of esters is 1. The molecule has 2 unspecified atom stereocenters. The van der Waals surface area contributed by atoms with E-state index in [2.05, 4.69) is 134 Å². The number of carbonyl (C=O) groups is 1. The molecule has 0 aromatic heterocycles. The lowest BCUT2D eigenvalue weighted by molar-refractivity contribution is -0.139. The van der Waals surface area contributed by atoms with Crippen molar-refractivity contribution in [1.29, 1.82) is 0 Å². The first-order valence-electron chi connectivity index (χ1n) is 22.9. The monoisotopic (exact) mass is 859 g/mol. The number of ether oxygens (including phenoxy) is 1. The van der Waals surface area contributed by atoms with Crippen LogP contribution in [-0.2, 0) is 22.8 Å². The van der Waals surface area contributed by atoms with E-state index in [1.165, 1.54) is 24.8 Å². The van der Waals surface area contributed by atoms with Crippen LogP contribution in [0.15, 0.2) is 47.6 Å². The fourth-order valence-corrected chi connectivity index (χ4v) is 13.1. The van der Waals surface area contributed by atoms with Gasteiger partial charge in [-0.15, -0.1) is 0 Å². The Morgan fingerprint density at radius 2 is 1.48 bits per heavy atom. The Bertz CT molecular complexity index is 1500. The zero-order valence-electron chi connectivity index (χ0n) is 40.9. The summed E-state index contributed by atoms with van der Waals surface area (Å²) < 4.78 is 26.2. The molecule has 0 aromatic carbocycles. The van der Waals surface area contributed by atoms with E-state index in [-0.39, 0.29) is 39.3 Å². The summed E-state index contributed by atoms with van der Waals surface area (Å²) in [5, 5.41) is 12.2. The second kappa shape index (κ2) is 19.1. The second-order valence-corrected chi connectivity index (χ2v) is 37.7. The maximum Gasteiger partial charge on any atom is 0.333 e. The van der Waals surface area contributed by atoms with Gasteiger partial charge in [-0.25, -0.2) is 4.79 Å². The number of allylic oxidation sites excluding steroid dienone is 3. The number of fused-ring (bicyclic) bond motifs is 1. The molecule has 3 fully saturated rings. The zero-order chi connectivity index (χ0) is 44.4. The van der Waals surface area contributed by atoms with Gasteiger partial charge >= 0.3 is 5.97 Å². The number of hydrogen-bond donors (Lipinski definition) is 1. The quantitative estimate of drug-likeness (QED) is 0.0947. The minimum Gasteiger partial charge on any atom is -0.463 e. The van der Waals surface area contributed by atoms with Crippen LogP contribution in [0.25, 0.3) is 0 Å². The third-order valence-corrected chi connectivity index (χ3v) is 29.8. The molecule has 3 rings (SSSR count). The average Bonchev–Trinajstić information content (AvgIpc) is 3.43. The minimum atomic E-state index is -2.04. The van der Waals surface area contributed by atoms with Crippen molar-refractivity contribution in [3.05, 3.63) is 47.6 Å². The lowest BCUT2D eigenvalue weighted by atomic mass is 9.60. The van der Waals surface area contributed by atoms with E-state index in [0.29, 0.717) is 42.8 Å². The van der Waals surface area contributed by atoms with E-state index in [4.69, 9.17) is 24.6 Å². The van der Waals surface area contributed by atoms with Gasteiger partial charge in [-0.1, -0.05) is 107 Å². The lowest BCUT2D eigenvalue weighted by Gasteiger charge is -2.46. The molecule has 3 aliphatic carbocycles. The maximum absolute atomic E-state index is 13.0. The van der Waals surface area contributed by atoms with E-state index >= 15 is 0 Å². The Morgan fingerprint density at radius 1 is 0.914 bits per heavy atom. The lowest BCUT2D eigenvalue weighted by Crippen LogP contribution is -2.49. The second-order valence-electron chi connectivity index (χ2n) is 23.4. The number of carbonyl (C=O) groups excluding carboxylic acids is 1. The smallest absolute Gasteiger partial charge is 0.333 e. The van der Waals surface area contributed by atoms with E-state index in [1.54, 1.807) is 5.57 Å². The van der Waals surface area contributed by atoms with Crippen LogP contribution in [0, 0.1) is 29.1 Å². The number of hydrogen-bond acceptors (Lipinski definition) is 6. The molecule has 0 spiro atoms. The zero-order valence-corrected chi connectivity index (χ0v) is 43.9. The van der Waals surface area contributed by atoms with Gasteiger partial charge in [-0.2, -0.15) is 0 Å². The normalized spacial score (nSPS) is 28.4. The van der Waals surface area contributed by atoms with E-state index in [0.717, 1.165) is 31.3 Å². The summed E-state index contributed by atoms with van der Waals surface area (Å²) in [5.74, 6) is 0.481. The van der Waals surface area contributed by atoms with Crippen molar-refractivity contribution in [2.75, 3.05) is 13.2 Å². The van der Waals surface area contributed by atoms with Crippen molar-refractivity contribution in [3.63, 3.8) is 0 Å². The molecule has 58 heavy (non-hydrogen) atoms. The predicted octanol–water partition coefficient (Wildman–Crippen LogP) is 13.7. The van der Waals surface area contributed by atoms with E-state index in [9.17, 15) is 9.90 Å². The average molecular weight is 860 g/mol. The van der Waals surface area contributed by atoms with Crippen molar-refractivity contribution >= 4 is 30.9 Å². The van der Waals surface area contributed by atoms with Gasteiger partial charge in [0.2, 0.25) is 0 Å². The molecule has 3 saturated carbocycles.